The van der Waals surface area contributed by atoms with Gasteiger partial charge in [-0.25, -0.2) is 4.39 Å². The maximum atomic E-state index is 13.7. The van der Waals surface area contributed by atoms with Crippen LogP contribution in [0, 0.1) is 11.2 Å². The number of nitrogens with one attached hydrogen (secondary N) is 1. The van der Waals surface area contributed by atoms with Gasteiger partial charge in [0.15, 0.2) is 0 Å². The third-order valence-electron chi connectivity index (χ3n) is 3.66. The van der Waals surface area contributed by atoms with Crippen LogP contribution in [0.4, 0.5) is 4.39 Å². The number of methoxy groups -OCH3 is 1. The molecule has 2 rings (SSSR count). The summed E-state index contributed by atoms with van der Waals surface area (Å²) in [4.78, 5) is 0. The van der Waals surface area contributed by atoms with Crippen LogP contribution in [0.15, 0.2) is 18.2 Å². The van der Waals surface area contributed by atoms with Gasteiger partial charge in [0, 0.05) is 30.6 Å². The molecular formula is C14H19ClFNO. The van der Waals surface area contributed by atoms with Crippen molar-refractivity contribution in [3.05, 3.63) is 29.6 Å². The van der Waals surface area contributed by atoms with Crippen LogP contribution >= 0.6 is 11.6 Å². The largest absolute Gasteiger partial charge is 0.497 e. The van der Waals surface area contributed by atoms with Gasteiger partial charge in [0.2, 0.25) is 0 Å². The Morgan fingerprint density at radius 2 is 2.22 bits per heavy atom. The Hall–Kier alpha value is -0.800. The van der Waals surface area contributed by atoms with E-state index < -0.39 is 0 Å². The Balaban J connectivity index is 1.83. The second-order valence-electron chi connectivity index (χ2n) is 5.00. The Kier molecular flexibility index (Phi) is 4.46. The van der Waals surface area contributed by atoms with Gasteiger partial charge in [-0.3, -0.25) is 0 Å². The molecule has 0 amide bonds. The van der Waals surface area contributed by atoms with E-state index in [4.69, 9.17) is 16.3 Å². The van der Waals surface area contributed by atoms with E-state index in [2.05, 4.69) is 5.32 Å². The number of rotatable bonds is 7. The van der Waals surface area contributed by atoms with Gasteiger partial charge in [0.25, 0.3) is 0 Å². The fourth-order valence-corrected chi connectivity index (χ4v) is 2.55. The van der Waals surface area contributed by atoms with Gasteiger partial charge >= 0.3 is 0 Å². The van der Waals surface area contributed by atoms with E-state index in [9.17, 15) is 4.39 Å². The van der Waals surface area contributed by atoms with Gasteiger partial charge in [-0.2, -0.15) is 0 Å². The standard InChI is InChI=1S/C14H19ClFNO/c1-18-12-3-2-11(13(16)8-12)9-17-10-14(4-5-14)6-7-15/h2-3,8,17H,4-7,9-10H2,1H3. The first-order valence-electron chi connectivity index (χ1n) is 6.28. The predicted octanol–water partition coefficient (Wildman–Crippen LogP) is 3.33. The minimum absolute atomic E-state index is 0.218. The van der Waals surface area contributed by atoms with Crippen molar-refractivity contribution in [2.45, 2.75) is 25.8 Å². The van der Waals surface area contributed by atoms with Gasteiger partial charge in [-0.05, 0) is 30.7 Å². The van der Waals surface area contributed by atoms with Crippen molar-refractivity contribution >= 4 is 11.6 Å². The van der Waals surface area contributed by atoms with Crippen LogP contribution in [0.1, 0.15) is 24.8 Å². The summed E-state index contributed by atoms with van der Waals surface area (Å²) in [5.41, 5.74) is 1.06. The molecule has 2 nitrogen and oxygen atoms in total. The van der Waals surface area contributed by atoms with Gasteiger partial charge in [0.1, 0.15) is 11.6 Å². The monoisotopic (exact) mass is 271 g/mol. The summed E-state index contributed by atoms with van der Waals surface area (Å²) in [5, 5.41) is 3.33. The zero-order valence-corrected chi connectivity index (χ0v) is 11.4. The summed E-state index contributed by atoms with van der Waals surface area (Å²) in [7, 11) is 1.54. The lowest BCUT2D eigenvalue weighted by molar-refractivity contribution is 0.409. The second-order valence-corrected chi connectivity index (χ2v) is 5.38. The molecule has 1 aliphatic rings. The highest BCUT2D eigenvalue weighted by molar-refractivity contribution is 6.17. The van der Waals surface area contributed by atoms with Crippen molar-refractivity contribution in [3.8, 4) is 5.75 Å². The average molecular weight is 272 g/mol. The van der Waals surface area contributed by atoms with Crippen molar-refractivity contribution in [2.75, 3.05) is 19.5 Å². The van der Waals surface area contributed by atoms with Crippen LogP contribution < -0.4 is 10.1 Å². The maximum Gasteiger partial charge on any atom is 0.131 e. The number of hydrogen-bond acceptors (Lipinski definition) is 2. The Morgan fingerprint density at radius 3 is 2.78 bits per heavy atom. The minimum atomic E-state index is -0.218. The Bertz CT molecular complexity index is 407. The van der Waals surface area contributed by atoms with Crippen molar-refractivity contribution in [1.29, 1.82) is 0 Å². The van der Waals surface area contributed by atoms with Crippen LogP contribution in [0.5, 0.6) is 5.75 Å². The topological polar surface area (TPSA) is 21.3 Å². The summed E-state index contributed by atoms with van der Waals surface area (Å²) in [6, 6.07) is 4.97. The van der Waals surface area contributed by atoms with Gasteiger partial charge in [-0.15, -0.1) is 11.6 Å². The second kappa shape index (κ2) is 5.89. The zero-order valence-electron chi connectivity index (χ0n) is 10.6. The molecule has 1 aromatic carbocycles. The quantitative estimate of drug-likeness (QED) is 0.768. The van der Waals surface area contributed by atoms with Crippen molar-refractivity contribution < 1.29 is 9.13 Å². The fraction of sp³-hybridized carbons (Fsp3) is 0.571. The van der Waals surface area contributed by atoms with Crippen LogP contribution in [-0.4, -0.2) is 19.5 Å². The van der Waals surface area contributed by atoms with Crippen LogP contribution in [-0.2, 0) is 6.54 Å². The highest BCUT2D eigenvalue weighted by Crippen LogP contribution is 2.48. The van der Waals surface area contributed by atoms with E-state index in [1.807, 2.05) is 0 Å². The first-order valence-corrected chi connectivity index (χ1v) is 6.82. The summed E-state index contributed by atoms with van der Waals surface area (Å²) in [6.45, 7) is 1.48. The van der Waals surface area contributed by atoms with E-state index >= 15 is 0 Å². The summed E-state index contributed by atoms with van der Waals surface area (Å²) < 4.78 is 18.7. The normalized spacial score (nSPS) is 16.6. The van der Waals surface area contributed by atoms with E-state index in [1.54, 1.807) is 12.1 Å². The average Bonchev–Trinajstić information content (AvgIpc) is 3.12. The highest BCUT2D eigenvalue weighted by Gasteiger charge is 2.41. The molecular weight excluding hydrogens is 253 g/mol. The first-order chi connectivity index (χ1) is 8.69. The van der Waals surface area contributed by atoms with Crippen LogP contribution in [0.2, 0.25) is 0 Å². The summed E-state index contributed by atoms with van der Waals surface area (Å²) in [6.07, 6.45) is 3.52. The molecule has 0 spiro atoms. The lowest BCUT2D eigenvalue weighted by atomic mass is 10.0. The first kappa shape index (κ1) is 13.6. The van der Waals surface area contributed by atoms with Crippen molar-refractivity contribution in [3.63, 3.8) is 0 Å². The van der Waals surface area contributed by atoms with Gasteiger partial charge in [0.05, 0.1) is 7.11 Å². The smallest absolute Gasteiger partial charge is 0.131 e. The molecule has 1 aliphatic carbocycles. The molecule has 4 heteroatoms. The van der Waals surface area contributed by atoms with Crippen LogP contribution in [0.3, 0.4) is 0 Å². The maximum absolute atomic E-state index is 13.7. The molecule has 0 saturated heterocycles. The highest BCUT2D eigenvalue weighted by atomic mass is 35.5. The summed E-state index contributed by atoms with van der Waals surface area (Å²) in [5.74, 6) is 1.04. The van der Waals surface area contributed by atoms with E-state index in [1.165, 1.54) is 26.0 Å². The molecule has 0 atom stereocenters. The Morgan fingerprint density at radius 1 is 1.44 bits per heavy atom. The molecule has 0 radical (unpaired) electrons. The third kappa shape index (κ3) is 3.36. The van der Waals surface area contributed by atoms with E-state index in [0.29, 0.717) is 29.2 Å². The number of hydrogen-bond donors (Lipinski definition) is 1. The number of ether oxygens (including phenoxy) is 1. The zero-order chi connectivity index (χ0) is 13.0. The molecule has 0 unspecified atom stereocenters. The molecule has 0 bridgehead atoms. The fourth-order valence-electron chi connectivity index (χ4n) is 2.15. The van der Waals surface area contributed by atoms with Crippen LogP contribution in [0.25, 0.3) is 0 Å². The molecule has 1 N–H and O–H groups in total. The molecule has 0 aromatic heterocycles. The van der Waals surface area contributed by atoms with Crippen molar-refractivity contribution in [2.24, 2.45) is 5.41 Å². The molecule has 0 aliphatic heterocycles. The lowest BCUT2D eigenvalue weighted by Gasteiger charge is -2.14. The lowest BCUT2D eigenvalue weighted by Crippen LogP contribution is -2.24. The minimum Gasteiger partial charge on any atom is -0.497 e. The van der Waals surface area contributed by atoms with E-state index in [-0.39, 0.29) is 5.82 Å². The molecule has 100 valence electrons. The predicted molar refractivity (Wildman–Crippen MR) is 71.7 cm³/mol. The molecule has 0 heterocycles. The molecule has 18 heavy (non-hydrogen) atoms. The van der Waals surface area contributed by atoms with E-state index in [0.717, 1.165) is 13.0 Å². The number of benzene rings is 1. The third-order valence-corrected chi connectivity index (χ3v) is 3.85. The molecule has 1 saturated carbocycles. The molecule has 1 aromatic rings. The van der Waals surface area contributed by atoms with Gasteiger partial charge < -0.3 is 10.1 Å². The SMILES string of the molecule is COc1ccc(CNCC2(CCCl)CC2)c(F)c1. The summed E-state index contributed by atoms with van der Waals surface area (Å²) >= 11 is 5.78. The number of halogens is 2. The molecule has 1 fully saturated rings. The Labute approximate surface area is 112 Å². The number of alkyl halides is 1. The van der Waals surface area contributed by atoms with Gasteiger partial charge in [-0.1, -0.05) is 6.07 Å². The van der Waals surface area contributed by atoms with Crippen molar-refractivity contribution in [1.82, 2.24) is 5.32 Å².